The number of carbonyl (C=O) groups is 1. The number of piperazine rings is 1. The lowest BCUT2D eigenvalue weighted by Gasteiger charge is -2.34. The van der Waals surface area contributed by atoms with E-state index in [1.807, 2.05) is 0 Å². The maximum atomic E-state index is 12.6. The molecular formula is C17H24N8O. The predicted octanol–water partition coefficient (Wildman–Crippen LogP) is 0.335. The summed E-state index contributed by atoms with van der Waals surface area (Å²) < 4.78 is 2.28. The van der Waals surface area contributed by atoms with Crippen LogP contribution < -0.4 is 5.73 Å². The van der Waals surface area contributed by atoms with E-state index in [0.29, 0.717) is 13.1 Å². The van der Waals surface area contributed by atoms with Crippen molar-refractivity contribution in [1.82, 2.24) is 34.5 Å². The Labute approximate surface area is 152 Å². The molecule has 0 aromatic carbocycles. The number of nitrogens with zero attached hydrogens (tertiary/aromatic N) is 7. The first-order valence-electron chi connectivity index (χ1n) is 9.21. The van der Waals surface area contributed by atoms with Gasteiger partial charge in [0.05, 0.1) is 6.54 Å². The van der Waals surface area contributed by atoms with Crippen molar-refractivity contribution in [3.63, 3.8) is 0 Å². The van der Waals surface area contributed by atoms with Gasteiger partial charge in [-0.15, -0.1) is 10.2 Å². The Morgan fingerprint density at radius 2 is 1.81 bits per heavy atom. The normalized spacial score (nSPS) is 18.4. The molecule has 9 nitrogen and oxygen atoms in total. The zero-order valence-corrected chi connectivity index (χ0v) is 14.8. The number of aryl methyl sites for hydroxylation is 1. The molecule has 2 N–H and O–H groups in total. The molecule has 0 aliphatic carbocycles. The van der Waals surface area contributed by atoms with Crippen LogP contribution in [-0.4, -0.2) is 66.6 Å². The Morgan fingerprint density at radius 3 is 2.62 bits per heavy atom. The first kappa shape index (κ1) is 16.9. The summed E-state index contributed by atoms with van der Waals surface area (Å²) in [6.07, 6.45) is 7.66. The van der Waals surface area contributed by atoms with E-state index in [4.69, 9.17) is 5.73 Å². The molecule has 0 spiro atoms. The molecule has 4 rings (SSSR count). The molecule has 0 unspecified atom stereocenters. The summed E-state index contributed by atoms with van der Waals surface area (Å²) in [7, 11) is 0. The smallest absolute Gasteiger partial charge is 0.276 e. The molecule has 1 fully saturated rings. The minimum Gasteiger partial charge on any atom is -0.382 e. The minimum absolute atomic E-state index is 0.147. The average molecular weight is 356 g/mol. The molecule has 26 heavy (non-hydrogen) atoms. The molecule has 2 aromatic rings. The van der Waals surface area contributed by atoms with Crippen LogP contribution >= 0.6 is 0 Å². The van der Waals surface area contributed by atoms with Crippen LogP contribution in [0.3, 0.4) is 0 Å². The van der Waals surface area contributed by atoms with Crippen LogP contribution in [0.4, 0.5) is 5.82 Å². The van der Waals surface area contributed by atoms with Gasteiger partial charge in [-0.2, -0.15) is 0 Å². The second-order valence-electron chi connectivity index (χ2n) is 6.85. The second-order valence-corrected chi connectivity index (χ2v) is 6.85. The number of rotatable bonds is 3. The number of hydrogen-bond acceptors (Lipinski definition) is 7. The third kappa shape index (κ3) is 3.39. The molecule has 9 heteroatoms. The van der Waals surface area contributed by atoms with Gasteiger partial charge in [0, 0.05) is 51.5 Å². The van der Waals surface area contributed by atoms with Crippen molar-refractivity contribution in [3.8, 4) is 0 Å². The highest BCUT2D eigenvalue weighted by Gasteiger charge is 2.26. The third-order valence-electron chi connectivity index (χ3n) is 5.14. The number of amides is 1. The molecule has 0 atom stereocenters. The van der Waals surface area contributed by atoms with E-state index in [9.17, 15) is 4.79 Å². The quantitative estimate of drug-likeness (QED) is 0.845. The summed E-state index contributed by atoms with van der Waals surface area (Å²) in [6, 6.07) is 0. The van der Waals surface area contributed by atoms with Crippen molar-refractivity contribution in [3.05, 3.63) is 29.7 Å². The Hall–Kier alpha value is -2.55. The molecule has 2 aliphatic rings. The van der Waals surface area contributed by atoms with E-state index >= 15 is 0 Å². The SMILES string of the molecule is Nc1nccnc1C(=O)N1CCN(Cc2nnc3n2CCCCC3)CC1. The molecule has 1 saturated heterocycles. The van der Waals surface area contributed by atoms with Crippen LogP contribution in [0.15, 0.2) is 12.4 Å². The van der Waals surface area contributed by atoms with Gasteiger partial charge in [-0.25, -0.2) is 9.97 Å². The number of aromatic nitrogens is 5. The van der Waals surface area contributed by atoms with Crippen LogP contribution in [0.1, 0.15) is 41.4 Å². The lowest BCUT2D eigenvalue weighted by atomic mass is 10.2. The number of anilines is 1. The molecule has 4 heterocycles. The maximum Gasteiger partial charge on any atom is 0.276 e. The lowest BCUT2D eigenvalue weighted by Crippen LogP contribution is -2.48. The Bertz CT molecular complexity index is 781. The van der Waals surface area contributed by atoms with Gasteiger partial charge in [0.1, 0.15) is 11.6 Å². The zero-order chi connectivity index (χ0) is 17.9. The molecule has 2 aromatic heterocycles. The molecule has 0 radical (unpaired) electrons. The Kier molecular flexibility index (Phi) is 4.79. The van der Waals surface area contributed by atoms with Gasteiger partial charge in [-0.3, -0.25) is 9.69 Å². The fraction of sp³-hybridized carbons (Fsp3) is 0.588. The van der Waals surface area contributed by atoms with Crippen molar-refractivity contribution in [2.45, 2.75) is 38.8 Å². The summed E-state index contributed by atoms with van der Waals surface area (Å²) in [5.74, 6) is 2.20. The van der Waals surface area contributed by atoms with Gasteiger partial charge in [-0.1, -0.05) is 6.42 Å². The molecule has 2 aliphatic heterocycles. The van der Waals surface area contributed by atoms with Gasteiger partial charge in [-0.05, 0) is 12.8 Å². The van der Waals surface area contributed by atoms with Crippen LogP contribution in [-0.2, 0) is 19.5 Å². The van der Waals surface area contributed by atoms with Gasteiger partial charge >= 0.3 is 0 Å². The number of hydrogen-bond donors (Lipinski definition) is 1. The van der Waals surface area contributed by atoms with E-state index in [-0.39, 0.29) is 17.4 Å². The minimum atomic E-state index is -0.147. The summed E-state index contributed by atoms with van der Waals surface area (Å²) in [4.78, 5) is 24.7. The second kappa shape index (κ2) is 7.36. The largest absolute Gasteiger partial charge is 0.382 e. The molecule has 138 valence electrons. The van der Waals surface area contributed by atoms with Crippen LogP contribution in [0.5, 0.6) is 0 Å². The van der Waals surface area contributed by atoms with Gasteiger partial charge in [0.25, 0.3) is 5.91 Å². The van der Waals surface area contributed by atoms with E-state index in [0.717, 1.165) is 44.2 Å². The zero-order valence-electron chi connectivity index (χ0n) is 14.8. The summed E-state index contributed by atoms with van der Waals surface area (Å²) >= 11 is 0. The van der Waals surface area contributed by atoms with Crippen LogP contribution in [0.25, 0.3) is 0 Å². The molecule has 1 amide bonds. The lowest BCUT2D eigenvalue weighted by molar-refractivity contribution is 0.0619. The third-order valence-corrected chi connectivity index (χ3v) is 5.14. The first-order chi connectivity index (χ1) is 12.7. The molecule has 0 saturated carbocycles. The van der Waals surface area contributed by atoms with Crippen molar-refractivity contribution in [1.29, 1.82) is 0 Å². The fourth-order valence-electron chi connectivity index (χ4n) is 3.63. The molecular weight excluding hydrogens is 332 g/mol. The average Bonchev–Trinajstić information content (AvgIpc) is 2.89. The van der Waals surface area contributed by atoms with Crippen molar-refractivity contribution >= 4 is 11.7 Å². The highest BCUT2D eigenvalue weighted by atomic mass is 16.2. The highest BCUT2D eigenvalue weighted by molar-refractivity contribution is 5.96. The summed E-state index contributed by atoms with van der Waals surface area (Å²) in [5.41, 5.74) is 6.01. The number of nitrogen functional groups attached to an aromatic ring is 1. The first-order valence-corrected chi connectivity index (χ1v) is 9.21. The van der Waals surface area contributed by atoms with Crippen molar-refractivity contribution in [2.75, 3.05) is 31.9 Å². The van der Waals surface area contributed by atoms with Crippen LogP contribution in [0, 0.1) is 0 Å². The van der Waals surface area contributed by atoms with Gasteiger partial charge < -0.3 is 15.2 Å². The Morgan fingerprint density at radius 1 is 1.00 bits per heavy atom. The van der Waals surface area contributed by atoms with Crippen LogP contribution in [0.2, 0.25) is 0 Å². The summed E-state index contributed by atoms with van der Waals surface area (Å²) in [6.45, 7) is 4.69. The van der Waals surface area contributed by atoms with Crippen molar-refractivity contribution in [2.24, 2.45) is 0 Å². The monoisotopic (exact) mass is 356 g/mol. The number of nitrogens with two attached hydrogens (primary N) is 1. The van der Waals surface area contributed by atoms with E-state index in [1.54, 1.807) is 4.90 Å². The number of carbonyl (C=O) groups excluding carboxylic acids is 1. The fourth-order valence-corrected chi connectivity index (χ4v) is 3.63. The van der Waals surface area contributed by atoms with Crippen molar-refractivity contribution < 1.29 is 4.79 Å². The molecule has 0 bridgehead atoms. The van der Waals surface area contributed by atoms with E-state index in [1.165, 1.54) is 31.7 Å². The standard InChI is InChI=1S/C17H24N8O/c18-16-15(19-5-6-20-16)17(26)24-10-8-23(9-11-24)12-14-22-21-13-4-2-1-3-7-25(13)14/h5-6H,1-4,7-12H2,(H2,18,20). The van der Waals surface area contributed by atoms with E-state index < -0.39 is 0 Å². The van der Waals surface area contributed by atoms with Gasteiger partial charge in [0.15, 0.2) is 11.5 Å². The highest BCUT2D eigenvalue weighted by Crippen LogP contribution is 2.17. The predicted molar refractivity (Wildman–Crippen MR) is 95.2 cm³/mol. The number of fused-ring (bicyclic) bond motifs is 1. The maximum absolute atomic E-state index is 12.6. The topological polar surface area (TPSA) is 106 Å². The van der Waals surface area contributed by atoms with E-state index in [2.05, 4.69) is 29.6 Å². The Balaban J connectivity index is 1.36. The van der Waals surface area contributed by atoms with Gasteiger partial charge in [0.2, 0.25) is 0 Å². The summed E-state index contributed by atoms with van der Waals surface area (Å²) in [5, 5.41) is 8.77.